The Balaban J connectivity index is 1.99. The first-order valence-electron chi connectivity index (χ1n) is 6.62. The van der Waals surface area contributed by atoms with Crippen LogP contribution in [0.25, 0.3) is 0 Å². The largest absolute Gasteiger partial charge is 0.297 e. The Bertz CT molecular complexity index is 178. The van der Waals surface area contributed by atoms with E-state index in [1.807, 2.05) is 0 Å². The highest BCUT2D eigenvalue weighted by molar-refractivity contribution is 4.93. The van der Waals surface area contributed by atoms with Crippen molar-refractivity contribution in [3.8, 4) is 0 Å². The highest BCUT2D eigenvalue weighted by atomic mass is 15.2. The zero-order valence-corrected chi connectivity index (χ0v) is 9.84. The summed E-state index contributed by atoms with van der Waals surface area (Å²) >= 11 is 0. The molecular formula is C13H25N. The third-order valence-corrected chi connectivity index (χ3v) is 4.37. The molecule has 0 unspecified atom stereocenters. The Kier molecular flexibility index (Phi) is 3.48. The van der Waals surface area contributed by atoms with Crippen LogP contribution in [0.3, 0.4) is 0 Å². The second kappa shape index (κ2) is 4.65. The number of rotatable bonds is 3. The lowest BCUT2D eigenvalue weighted by molar-refractivity contribution is 0.0670. The summed E-state index contributed by atoms with van der Waals surface area (Å²) in [7, 11) is 0. The molecule has 2 rings (SSSR count). The first-order chi connectivity index (χ1) is 6.86. The fourth-order valence-corrected chi connectivity index (χ4v) is 3.66. The lowest BCUT2D eigenvalue weighted by atomic mass is 9.83. The number of hydrogen-bond donors (Lipinski definition) is 0. The molecule has 0 aromatic heterocycles. The molecule has 0 aliphatic carbocycles. The molecule has 0 bridgehead atoms. The van der Waals surface area contributed by atoms with Gasteiger partial charge < -0.3 is 0 Å². The van der Waals surface area contributed by atoms with E-state index in [-0.39, 0.29) is 0 Å². The molecule has 0 radical (unpaired) electrons. The first-order valence-corrected chi connectivity index (χ1v) is 6.62. The van der Waals surface area contributed by atoms with Crippen molar-refractivity contribution in [3.05, 3.63) is 0 Å². The zero-order valence-electron chi connectivity index (χ0n) is 9.84. The van der Waals surface area contributed by atoms with E-state index in [0.29, 0.717) is 0 Å². The molecule has 2 saturated heterocycles. The average Bonchev–Trinajstić information content (AvgIpc) is 2.67. The molecule has 2 aliphatic rings. The predicted molar refractivity (Wildman–Crippen MR) is 61.4 cm³/mol. The molecule has 0 amide bonds. The van der Waals surface area contributed by atoms with Gasteiger partial charge in [0.25, 0.3) is 0 Å². The van der Waals surface area contributed by atoms with Crippen LogP contribution >= 0.6 is 0 Å². The Morgan fingerprint density at radius 2 is 2.00 bits per heavy atom. The SMILES string of the molecule is CCC[C@H]1CC[C@H](CC)[C@H]2CCCN12. The minimum Gasteiger partial charge on any atom is -0.297 e. The van der Waals surface area contributed by atoms with Crippen molar-refractivity contribution in [3.63, 3.8) is 0 Å². The summed E-state index contributed by atoms with van der Waals surface area (Å²) in [5.41, 5.74) is 0. The molecule has 0 aromatic rings. The highest BCUT2D eigenvalue weighted by Crippen LogP contribution is 2.37. The number of piperidine rings is 1. The maximum absolute atomic E-state index is 2.85. The van der Waals surface area contributed by atoms with Gasteiger partial charge in [-0.05, 0) is 44.6 Å². The van der Waals surface area contributed by atoms with Gasteiger partial charge in [0, 0.05) is 12.1 Å². The molecule has 2 heterocycles. The average molecular weight is 195 g/mol. The maximum Gasteiger partial charge on any atom is 0.0127 e. The summed E-state index contributed by atoms with van der Waals surface area (Å²) in [6.07, 6.45) is 10.1. The van der Waals surface area contributed by atoms with E-state index >= 15 is 0 Å². The van der Waals surface area contributed by atoms with Crippen LogP contribution in [0.5, 0.6) is 0 Å². The van der Waals surface area contributed by atoms with Crippen LogP contribution in [-0.2, 0) is 0 Å². The molecule has 1 nitrogen and oxygen atoms in total. The van der Waals surface area contributed by atoms with Gasteiger partial charge in [-0.2, -0.15) is 0 Å². The third-order valence-electron chi connectivity index (χ3n) is 4.37. The molecule has 14 heavy (non-hydrogen) atoms. The van der Waals surface area contributed by atoms with Gasteiger partial charge in [-0.3, -0.25) is 4.90 Å². The predicted octanol–water partition coefficient (Wildman–Crippen LogP) is 3.44. The molecule has 0 aromatic carbocycles. The normalized spacial score (nSPS) is 38.6. The Hall–Kier alpha value is -0.0400. The Morgan fingerprint density at radius 3 is 2.71 bits per heavy atom. The van der Waals surface area contributed by atoms with Crippen molar-refractivity contribution in [1.29, 1.82) is 0 Å². The monoisotopic (exact) mass is 195 g/mol. The molecule has 1 heteroatoms. The standard InChI is InChI=1S/C13H25N/c1-3-6-12-9-8-11(4-2)13-7-5-10-14(12)13/h11-13H,3-10H2,1-2H3/t11-,12-,13+/m0/s1. The highest BCUT2D eigenvalue weighted by Gasteiger charge is 2.38. The third kappa shape index (κ3) is 1.84. The summed E-state index contributed by atoms with van der Waals surface area (Å²) in [5.74, 6) is 1.02. The second-order valence-electron chi connectivity index (χ2n) is 5.14. The van der Waals surface area contributed by atoms with Crippen LogP contribution in [0.15, 0.2) is 0 Å². The quantitative estimate of drug-likeness (QED) is 0.667. The van der Waals surface area contributed by atoms with Gasteiger partial charge in [0.15, 0.2) is 0 Å². The molecule has 0 N–H and O–H groups in total. The second-order valence-corrected chi connectivity index (χ2v) is 5.14. The van der Waals surface area contributed by atoms with Crippen molar-refractivity contribution in [1.82, 2.24) is 4.90 Å². The molecule has 3 atom stereocenters. The van der Waals surface area contributed by atoms with Crippen LogP contribution in [-0.4, -0.2) is 23.5 Å². The lowest BCUT2D eigenvalue weighted by Gasteiger charge is -2.42. The van der Waals surface area contributed by atoms with Gasteiger partial charge in [-0.1, -0.05) is 26.7 Å². The van der Waals surface area contributed by atoms with Crippen molar-refractivity contribution in [2.75, 3.05) is 6.54 Å². The van der Waals surface area contributed by atoms with Crippen molar-refractivity contribution >= 4 is 0 Å². The van der Waals surface area contributed by atoms with Gasteiger partial charge in [0.1, 0.15) is 0 Å². The molecular weight excluding hydrogens is 170 g/mol. The van der Waals surface area contributed by atoms with Gasteiger partial charge in [0.2, 0.25) is 0 Å². The maximum atomic E-state index is 2.85. The smallest absolute Gasteiger partial charge is 0.0127 e. The van der Waals surface area contributed by atoms with Gasteiger partial charge in [-0.25, -0.2) is 0 Å². The van der Waals surface area contributed by atoms with Gasteiger partial charge in [-0.15, -0.1) is 0 Å². The molecule has 82 valence electrons. The van der Waals surface area contributed by atoms with E-state index in [1.54, 1.807) is 0 Å². The number of hydrogen-bond acceptors (Lipinski definition) is 1. The zero-order chi connectivity index (χ0) is 9.97. The van der Waals surface area contributed by atoms with Crippen LogP contribution in [0.1, 0.15) is 58.8 Å². The van der Waals surface area contributed by atoms with Gasteiger partial charge >= 0.3 is 0 Å². The molecule has 0 spiro atoms. The number of fused-ring (bicyclic) bond motifs is 1. The summed E-state index contributed by atoms with van der Waals surface area (Å²) in [5, 5.41) is 0. The summed E-state index contributed by atoms with van der Waals surface area (Å²) in [4.78, 5) is 2.85. The molecule has 2 fully saturated rings. The van der Waals surface area contributed by atoms with E-state index < -0.39 is 0 Å². The first kappa shape index (κ1) is 10.5. The molecule has 2 aliphatic heterocycles. The van der Waals surface area contributed by atoms with E-state index in [1.165, 1.54) is 51.5 Å². The summed E-state index contributed by atoms with van der Waals surface area (Å²) in [6.45, 7) is 6.10. The van der Waals surface area contributed by atoms with Crippen molar-refractivity contribution in [2.45, 2.75) is 70.9 Å². The topological polar surface area (TPSA) is 3.24 Å². The summed E-state index contributed by atoms with van der Waals surface area (Å²) < 4.78 is 0. The Morgan fingerprint density at radius 1 is 1.14 bits per heavy atom. The fraction of sp³-hybridized carbons (Fsp3) is 1.00. The van der Waals surface area contributed by atoms with Crippen LogP contribution in [0.4, 0.5) is 0 Å². The van der Waals surface area contributed by atoms with E-state index in [0.717, 1.165) is 18.0 Å². The van der Waals surface area contributed by atoms with Crippen LogP contribution in [0, 0.1) is 5.92 Å². The lowest BCUT2D eigenvalue weighted by Crippen LogP contribution is -2.47. The van der Waals surface area contributed by atoms with Crippen LogP contribution < -0.4 is 0 Å². The van der Waals surface area contributed by atoms with Crippen molar-refractivity contribution < 1.29 is 0 Å². The summed E-state index contributed by atoms with van der Waals surface area (Å²) in [6, 6.07) is 1.90. The van der Waals surface area contributed by atoms with E-state index in [4.69, 9.17) is 0 Å². The Labute approximate surface area is 88.9 Å². The molecule has 0 saturated carbocycles. The van der Waals surface area contributed by atoms with E-state index in [9.17, 15) is 0 Å². The van der Waals surface area contributed by atoms with Crippen LogP contribution in [0.2, 0.25) is 0 Å². The van der Waals surface area contributed by atoms with Crippen molar-refractivity contribution in [2.24, 2.45) is 5.92 Å². The van der Waals surface area contributed by atoms with E-state index in [2.05, 4.69) is 18.7 Å². The fourth-order valence-electron chi connectivity index (χ4n) is 3.66. The number of nitrogens with zero attached hydrogens (tertiary/aromatic N) is 1. The minimum atomic E-state index is 0.940. The minimum absolute atomic E-state index is 0.940. The van der Waals surface area contributed by atoms with Gasteiger partial charge in [0.05, 0.1) is 0 Å².